The Balaban J connectivity index is 2.19. The van der Waals surface area contributed by atoms with Gasteiger partial charge in [-0.25, -0.2) is 13.6 Å². The number of rotatable bonds is 2. The zero-order valence-electron chi connectivity index (χ0n) is 10.2. The second-order valence-corrected chi connectivity index (χ2v) is 4.74. The van der Waals surface area contributed by atoms with Gasteiger partial charge < -0.3 is 15.1 Å². The SMILES string of the molecule is O=C(O)N1CCC(c2ccc(F)c(F)c2)C(CO)C1. The normalized spacial score (nSPS) is 23.4. The van der Waals surface area contributed by atoms with Crippen LogP contribution < -0.4 is 0 Å². The van der Waals surface area contributed by atoms with Gasteiger partial charge in [0.05, 0.1) is 0 Å². The molecule has 1 saturated heterocycles. The summed E-state index contributed by atoms with van der Waals surface area (Å²) in [5.41, 5.74) is 0.600. The van der Waals surface area contributed by atoms with E-state index in [1.54, 1.807) is 0 Å². The highest BCUT2D eigenvalue weighted by Crippen LogP contribution is 2.33. The van der Waals surface area contributed by atoms with Crippen molar-refractivity contribution in [3.8, 4) is 0 Å². The third kappa shape index (κ3) is 2.84. The number of hydrogen-bond acceptors (Lipinski definition) is 2. The smallest absolute Gasteiger partial charge is 0.407 e. The zero-order valence-corrected chi connectivity index (χ0v) is 10.2. The number of nitrogens with zero attached hydrogens (tertiary/aromatic N) is 1. The summed E-state index contributed by atoms with van der Waals surface area (Å²) in [4.78, 5) is 12.1. The van der Waals surface area contributed by atoms with Crippen molar-refractivity contribution in [3.63, 3.8) is 0 Å². The average molecular weight is 271 g/mol. The highest BCUT2D eigenvalue weighted by molar-refractivity contribution is 5.65. The van der Waals surface area contributed by atoms with Crippen LogP contribution in [-0.2, 0) is 0 Å². The Morgan fingerprint density at radius 1 is 1.37 bits per heavy atom. The summed E-state index contributed by atoms with van der Waals surface area (Å²) in [7, 11) is 0. The molecule has 0 bridgehead atoms. The summed E-state index contributed by atoms with van der Waals surface area (Å²) in [6, 6.07) is 3.67. The molecule has 1 heterocycles. The van der Waals surface area contributed by atoms with Crippen molar-refractivity contribution >= 4 is 6.09 Å². The first-order valence-corrected chi connectivity index (χ1v) is 6.06. The van der Waals surface area contributed by atoms with E-state index in [-0.39, 0.29) is 25.0 Å². The van der Waals surface area contributed by atoms with Crippen molar-refractivity contribution in [1.29, 1.82) is 0 Å². The lowest BCUT2D eigenvalue weighted by atomic mass is 9.81. The molecular weight excluding hydrogens is 256 g/mol. The minimum atomic E-state index is -1.03. The van der Waals surface area contributed by atoms with E-state index >= 15 is 0 Å². The van der Waals surface area contributed by atoms with Crippen molar-refractivity contribution in [3.05, 3.63) is 35.4 Å². The summed E-state index contributed by atoms with van der Waals surface area (Å²) < 4.78 is 26.1. The molecule has 2 unspecified atom stereocenters. The molecule has 1 aliphatic heterocycles. The van der Waals surface area contributed by atoms with Crippen LogP contribution in [0.25, 0.3) is 0 Å². The van der Waals surface area contributed by atoms with Crippen molar-refractivity contribution in [2.45, 2.75) is 12.3 Å². The Kier molecular flexibility index (Phi) is 3.99. The molecule has 19 heavy (non-hydrogen) atoms. The van der Waals surface area contributed by atoms with Crippen LogP contribution in [0.3, 0.4) is 0 Å². The van der Waals surface area contributed by atoms with E-state index < -0.39 is 17.7 Å². The van der Waals surface area contributed by atoms with Crippen LogP contribution >= 0.6 is 0 Å². The Hall–Kier alpha value is -1.69. The van der Waals surface area contributed by atoms with E-state index in [2.05, 4.69) is 0 Å². The second-order valence-electron chi connectivity index (χ2n) is 4.74. The molecular formula is C13H15F2NO3. The number of hydrogen-bond donors (Lipinski definition) is 2. The minimum Gasteiger partial charge on any atom is -0.465 e. The Bertz CT molecular complexity index is 481. The van der Waals surface area contributed by atoms with Crippen molar-refractivity contribution in [2.24, 2.45) is 5.92 Å². The quantitative estimate of drug-likeness (QED) is 0.865. The van der Waals surface area contributed by atoms with Gasteiger partial charge in [-0.2, -0.15) is 0 Å². The van der Waals surface area contributed by atoms with Gasteiger partial charge in [-0.1, -0.05) is 6.07 Å². The van der Waals surface area contributed by atoms with E-state index in [1.165, 1.54) is 11.0 Å². The van der Waals surface area contributed by atoms with E-state index in [1.807, 2.05) is 0 Å². The van der Waals surface area contributed by atoms with Gasteiger partial charge in [0.2, 0.25) is 0 Å². The van der Waals surface area contributed by atoms with Crippen LogP contribution in [-0.4, -0.2) is 40.9 Å². The number of aliphatic hydroxyl groups excluding tert-OH is 1. The maximum Gasteiger partial charge on any atom is 0.407 e. The first-order valence-electron chi connectivity index (χ1n) is 6.06. The van der Waals surface area contributed by atoms with Gasteiger partial charge in [-0.05, 0) is 30.0 Å². The molecule has 1 fully saturated rings. The van der Waals surface area contributed by atoms with Gasteiger partial charge in [-0.3, -0.25) is 0 Å². The summed E-state index contributed by atoms with van der Waals surface area (Å²) in [6.45, 7) is 0.346. The van der Waals surface area contributed by atoms with Crippen LogP contribution in [0.4, 0.5) is 13.6 Å². The summed E-state index contributed by atoms with van der Waals surface area (Å²) in [5.74, 6) is -2.28. The van der Waals surface area contributed by atoms with E-state index in [4.69, 9.17) is 5.11 Å². The number of benzene rings is 1. The van der Waals surface area contributed by atoms with Crippen LogP contribution in [0.5, 0.6) is 0 Å². The number of amides is 1. The molecule has 0 aliphatic carbocycles. The fourth-order valence-corrected chi connectivity index (χ4v) is 2.57. The van der Waals surface area contributed by atoms with Crippen LogP contribution in [0.1, 0.15) is 17.9 Å². The van der Waals surface area contributed by atoms with E-state index in [0.29, 0.717) is 18.5 Å². The molecule has 1 aromatic carbocycles. The molecule has 2 atom stereocenters. The van der Waals surface area contributed by atoms with Gasteiger partial charge in [0.15, 0.2) is 11.6 Å². The molecule has 2 N–H and O–H groups in total. The Morgan fingerprint density at radius 2 is 2.11 bits per heavy atom. The monoisotopic (exact) mass is 271 g/mol. The third-order valence-electron chi connectivity index (χ3n) is 3.61. The van der Waals surface area contributed by atoms with Gasteiger partial charge in [0.1, 0.15) is 0 Å². The molecule has 0 spiro atoms. The first-order chi connectivity index (χ1) is 9.02. The standard InChI is InChI=1S/C13H15F2NO3/c14-11-2-1-8(5-12(11)15)10-3-4-16(13(18)19)6-9(10)7-17/h1-2,5,9-10,17H,3-4,6-7H2,(H,18,19). The molecule has 1 amide bonds. The van der Waals surface area contributed by atoms with E-state index in [0.717, 1.165) is 12.1 Å². The highest BCUT2D eigenvalue weighted by atomic mass is 19.2. The van der Waals surface area contributed by atoms with E-state index in [9.17, 15) is 18.7 Å². The predicted octanol–water partition coefficient (Wildman–Crippen LogP) is 2.04. The van der Waals surface area contributed by atoms with Gasteiger partial charge in [-0.15, -0.1) is 0 Å². The number of likely N-dealkylation sites (tertiary alicyclic amines) is 1. The molecule has 2 rings (SSSR count). The van der Waals surface area contributed by atoms with Crippen LogP contribution in [0.15, 0.2) is 18.2 Å². The van der Waals surface area contributed by atoms with Crippen molar-refractivity contribution < 1.29 is 23.8 Å². The lowest BCUT2D eigenvalue weighted by Crippen LogP contribution is -2.43. The largest absolute Gasteiger partial charge is 0.465 e. The lowest BCUT2D eigenvalue weighted by Gasteiger charge is -2.36. The maximum atomic E-state index is 13.2. The molecule has 1 aliphatic rings. The second kappa shape index (κ2) is 5.52. The number of piperidine rings is 1. The third-order valence-corrected chi connectivity index (χ3v) is 3.61. The zero-order chi connectivity index (χ0) is 14.0. The average Bonchev–Trinajstić information content (AvgIpc) is 2.41. The molecule has 1 aromatic rings. The van der Waals surface area contributed by atoms with Gasteiger partial charge in [0.25, 0.3) is 0 Å². The fourth-order valence-electron chi connectivity index (χ4n) is 2.57. The van der Waals surface area contributed by atoms with Gasteiger partial charge >= 0.3 is 6.09 Å². The van der Waals surface area contributed by atoms with Crippen molar-refractivity contribution in [1.82, 2.24) is 4.90 Å². The molecule has 0 aromatic heterocycles. The highest BCUT2D eigenvalue weighted by Gasteiger charge is 2.32. The first kappa shape index (κ1) is 13.7. The number of halogens is 2. The summed E-state index contributed by atoms with van der Waals surface area (Å²) in [6.07, 6.45) is -0.537. The van der Waals surface area contributed by atoms with Crippen molar-refractivity contribution in [2.75, 3.05) is 19.7 Å². The molecule has 4 nitrogen and oxygen atoms in total. The van der Waals surface area contributed by atoms with Crippen LogP contribution in [0.2, 0.25) is 0 Å². The molecule has 0 saturated carbocycles. The molecule has 0 radical (unpaired) electrons. The lowest BCUT2D eigenvalue weighted by molar-refractivity contribution is 0.0885. The molecule has 6 heteroatoms. The summed E-state index contributed by atoms with van der Waals surface area (Å²) in [5, 5.41) is 18.3. The topological polar surface area (TPSA) is 60.8 Å². The fraction of sp³-hybridized carbons (Fsp3) is 0.462. The minimum absolute atomic E-state index is 0.157. The Labute approximate surface area is 109 Å². The summed E-state index contributed by atoms with van der Waals surface area (Å²) >= 11 is 0. The number of aliphatic hydroxyl groups is 1. The number of carbonyl (C=O) groups is 1. The Morgan fingerprint density at radius 3 is 2.68 bits per heavy atom. The number of carboxylic acid groups (broad SMARTS) is 1. The predicted molar refractivity (Wildman–Crippen MR) is 63.9 cm³/mol. The van der Waals surface area contributed by atoms with Gasteiger partial charge in [0, 0.05) is 25.6 Å². The maximum absolute atomic E-state index is 13.2. The van der Waals surface area contributed by atoms with Crippen LogP contribution in [0, 0.1) is 17.6 Å². The molecule has 104 valence electrons.